The normalized spacial score (nSPS) is 18.5. The molecule has 1 unspecified atom stereocenters. The topological polar surface area (TPSA) is 73.4 Å². The zero-order valence-corrected chi connectivity index (χ0v) is 20.5. The van der Waals surface area contributed by atoms with Crippen LogP contribution in [0.5, 0.6) is 5.88 Å². The highest BCUT2D eigenvalue weighted by Crippen LogP contribution is 2.44. The molecule has 0 aliphatic carbocycles. The second-order valence-corrected chi connectivity index (χ2v) is 9.30. The minimum atomic E-state index is -3.36. The molecule has 196 valence electrons. The van der Waals surface area contributed by atoms with E-state index in [1.54, 1.807) is 11.8 Å². The first-order valence-electron chi connectivity index (χ1n) is 12.2. The van der Waals surface area contributed by atoms with Crippen LogP contribution in [0.1, 0.15) is 41.8 Å². The lowest BCUT2D eigenvalue weighted by molar-refractivity contribution is -0.0867. The predicted molar refractivity (Wildman–Crippen MR) is 130 cm³/mol. The molecule has 10 heteroatoms. The Labute approximate surface area is 207 Å². The number of fused-ring (bicyclic) bond motifs is 3. The van der Waals surface area contributed by atoms with Crippen LogP contribution in [-0.4, -0.2) is 71.5 Å². The van der Waals surface area contributed by atoms with Crippen LogP contribution in [0.25, 0.3) is 10.9 Å². The minimum absolute atomic E-state index is 0.207. The maximum atomic E-state index is 15.5. The number of aliphatic hydroxyl groups excluding tert-OH is 1. The van der Waals surface area contributed by atoms with Crippen molar-refractivity contribution in [1.82, 2.24) is 20.2 Å². The Kier molecular flexibility index (Phi) is 8.17. The van der Waals surface area contributed by atoms with Gasteiger partial charge in [-0.15, -0.1) is 0 Å². The number of hydrogen-bond donors (Lipinski definition) is 3. The molecule has 1 aliphatic rings. The summed E-state index contributed by atoms with van der Waals surface area (Å²) < 4.78 is 62.5. The van der Waals surface area contributed by atoms with Gasteiger partial charge in [0.15, 0.2) is 0 Å². The molecule has 4 rings (SSSR count). The van der Waals surface area contributed by atoms with E-state index < -0.39 is 37.6 Å². The van der Waals surface area contributed by atoms with Crippen LogP contribution in [0.4, 0.5) is 17.6 Å². The lowest BCUT2D eigenvalue weighted by Crippen LogP contribution is -2.49. The number of halogens is 4. The molecule has 0 fully saturated rings. The fourth-order valence-corrected chi connectivity index (χ4v) is 4.98. The van der Waals surface area contributed by atoms with E-state index in [2.05, 4.69) is 15.3 Å². The van der Waals surface area contributed by atoms with Crippen molar-refractivity contribution in [1.29, 1.82) is 0 Å². The zero-order chi connectivity index (χ0) is 25.9. The van der Waals surface area contributed by atoms with Crippen LogP contribution in [0.3, 0.4) is 0 Å². The Hall–Kier alpha value is -2.69. The lowest BCUT2D eigenvalue weighted by atomic mass is 9.87. The summed E-state index contributed by atoms with van der Waals surface area (Å²) in [7, 11) is 0. The smallest absolute Gasteiger partial charge is 0.283 e. The highest BCUT2D eigenvalue weighted by molar-refractivity contribution is 5.85. The fraction of sp³-hybridized carbons (Fsp3) is 0.500. The number of aliphatic hydroxyl groups is 1. The number of nitrogens with zero attached hydrogens (tertiary/aromatic N) is 2. The van der Waals surface area contributed by atoms with Crippen molar-refractivity contribution in [3.8, 4) is 5.88 Å². The third kappa shape index (κ3) is 5.35. The van der Waals surface area contributed by atoms with Crippen molar-refractivity contribution in [2.45, 2.75) is 44.7 Å². The van der Waals surface area contributed by atoms with Crippen molar-refractivity contribution >= 4 is 10.9 Å². The van der Waals surface area contributed by atoms with Gasteiger partial charge in [0.1, 0.15) is 19.0 Å². The average Bonchev–Trinajstić information content (AvgIpc) is 3.22. The Morgan fingerprint density at radius 1 is 1.28 bits per heavy atom. The molecular weight excluding hydrogens is 476 g/mol. The number of para-hydroxylation sites is 1. The molecule has 3 N–H and O–H groups in total. The summed E-state index contributed by atoms with van der Waals surface area (Å²) in [4.78, 5) is 8.99. The molecule has 0 radical (unpaired) electrons. The molecular formula is C26H32F4N4O2. The third-order valence-corrected chi connectivity index (χ3v) is 6.72. The van der Waals surface area contributed by atoms with Crippen molar-refractivity contribution < 1.29 is 27.4 Å². The first kappa shape index (κ1) is 26.4. The van der Waals surface area contributed by atoms with Crippen LogP contribution in [0.2, 0.25) is 0 Å². The summed E-state index contributed by atoms with van der Waals surface area (Å²) >= 11 is 0. The van der Waals surface area contributed by atoms with Crippen LogP contribution in [0, 0.1) is 12.7 Å². The second-order valence-electron chi connectivity index (χ2n) is 9.30. The molecule has 0 saturated heterocycles. The Morgan fingerprint density at radius 3 is 2.81 bits per heavy atom. The molecule has 1 aromatic carbocycles. The van der Waals surface area contributed by atoms with E-state index in [1.807, 2.05) is 31.2 Å². The van der Waals surface area contributed by atoms with Gasteiger partial charge in [0.2, 0.25) is 5.88 Å². The minimum Gasteiger partial charge on any atom is -0.476 e. The highest BCUT2D eigenvalue weighted by Gasteiger charge is 2.43. The highest BCUT2D eigenvalue weighted by atomic mass is 19.3. The maximum Gasteiger partial charge on any atom is 0.283 e. The standard InChI is InChI=1S/C26H32F4N4O2/c1-16-12-19-18-6-3-4-7-21(18)33-23(19)24(34(16)14-26(29,30)15-35)22-17(2)25(32-13-20(22)28)36-11-10-31-9-5-8-27/h3-4,6-7,13,16,24,31,33,35H,5,8-12,14-15H2,1-2H3/t16-,24?/m1/s1. The molecule has 2 atom stereocenters. The molecule has 1 aliphatic heterocycles. The number of aromatic nitrogens is 2. The van der Waals surface area contributed by atoms with Crippen LogP contribution < -0.4 is 10.1 Å². The van der Waals surface area contributed by atoms with Crippen molar-refractivity contribution in [2.75, 3.05) is 39.5 Å². The molecule has 6 nitrogen and oxygen atoms in total. The van der Waals surface area contributed by atoms with E-state index in [1.165, 1.54) is 0 Å². The van der Waals surface area contributed by atoms with Gasteiger partial charge in [-0.3, -0.25) is 9.29 Å². The van der Waals surface area contributed by atoms with Crippen molar-refractivity contribution in [3.05, 3.63) is 58.7 Å². The average molecular weight is 509 g/mol. The number of hydrogen-bond acceptors (Lipinski definition) is 5. The second kappa shape index (κ2) is 11.1. The van der Waals surface area contributed by atoms with Gasteiger partial charge in [-0.05, 0) is 44.9 Å². The number of alkyl halides is 3. The molecule has 36 heavy (non-hydrogen) atoms. The van der Waals surface area contributed by atoms with Crippen LogP contribution in [-0.2, 0) is 6.42 Å². The predicted octanol–water partition coefficient (Wildman–Crippen LogP) is 4.30. The summed E-state index contributed by atoms with van der Waals surface area (Å²) in [6.45, 7) is 2.26. The van der Waals surface area contributed by atoms with Gasteiger partial charge in [0.05, 0.1) is 25.5 Å². The van der Waals surface area contributed by atoms with Crippen molar-refractivity contribution in [3.63, 3.8) is 0 Å². The van der Waals surface area contributed by atoms with E-state index in [9.17, 15) is 18.3 Å². The van der Waals surface area contributed by atoms with E-state index in [0.29, 0.717) is 37.2 Å². The number of benzene rings is 1. The van der Waals surface area contributed by atoms with Gasteiger partial charge in [-0.1, -0.05) is 18.2 Å². The number of nitrogens with one attached hydrogen (secondary N) is 2. The van der Waals surface area contributed by atoms with E-state index in [-0.39, 0.29) is 24.1 Å². The summed E-state index contributed by atoms with van der Waals surface area (Å²) in [6, 6.07) is 6.45. The summed E-state index contributed by atoms with van der Waals surface area (Å²) in [5, 5.41) is 13.3. The molecule has 3 aromatic rings. The first-order valence-corrected chi connectivity index (χ1v) is 12.2. The molecule has 2 aromatic heterocycles. The van der Waals surface area contributed by atoms with Gasteiger partial charge in [0, 0.05) is 40.3 Å². The van der Waals surface area contributed by atoms with E-state index in [4.69, 9.17) is 4.74 Å². The largest absolute Gasteiger partial charge is 0.476 e. The first-order chi connectivity index (χ1) is 17.3. The fourth-order valence-electron chi connectivity index (χ4n) is 4.98. The summed E-state index contributed by atoms with van der Waals surface area (Å²) in [5.41, 5.74) is 3.08. The van der Waals surface area contributed by atoms with Gasteiger partial charge < -0.3 is 20.1 Å². The van der Waals surface area contributed by atoms with E-state index >= 15 is 4.39 Å². The zero-order valence-electron chi connectivity index (χ0n) is 20.5. The number of ether oxygens (including phenoxy) is 1. The Morgan fingerprint density at radius 2 is 2.06 bits per heavy atom. The molecule has 0 bridgehead atoms. The molecule has 0 amide bonds. The van der Waals surface area contributed by atoms with Gasteiger partial charge in [-0.25, -0.2) is 18.2 Å². The summed E-state index contributed by atoms with van der Waals surface area (Å²) in [5.74, 6) is -3.77. The number of rotatable bonds is 11. The quantitative estimate of drug-likeness (QED) is 0.266. The number of H-pyrrole nitrogens is 1. The third-order valence-electron chi connectivity index (χ3n) is 6.72. The van der Waals surface area contributed by atoms with E-state index in [0.717, 1.165) is 22.7 Å². The van der Waals surface area contributed by atoms with Gasteiger partial charge in [-0.2, -0.15) is 0 Å². The van der Waals surface area contributed by atoms with Crippen molar-refractivity contribution in [2.24, 2.45) is 0 Å². The molecule has 3 heterocycles. The SMILES string of the molecule is Cc1c(OCCNCCCF)ncc(F)c1C1c2[nH]c3ccccc3c2C[C@@H](C)N1CC(F)(F)CO. The Balaban J connectivity index is 1.75. The monoisotopic (exact) mass is 508 g/mol. The number of pyridine rings is 1. The maximum absolute atomic E-state index is 15.5. The number of aromatic amines is 1. The van der Waals surface area contributed by atoms with Gasteiger partial charge >= 0.3 is 0 Å². The van der Waals surface area contributed by atoms with Gasteiger partial charge in [0.25, 0.3) is 5.92 Å². The molecule has 0 spiro atoms. The lowest BCUT2D eigenvalue weighted by Gasteiger charge is -2.42. The Bertz CT molecular complexity index is 1190. The molecule has 0 saturated carbocycles. The van der Waals surface area contributed by atoms with Crippen LogP contribution >= 0.6 is 0 Å². The summed E-state index contributed by atoms with van der Waals surface area (Å²) in [6.07, 6.45) is 1.95. The van der Waals surface area contributed by atoms with Crippen LogP contribution in [0.15, 0.2) is 30.5 Å².